The van der Waals surface area contributed by atoms with Crippen molar-refractivity contribution in [2.75, 3.05) is 23.3 Å². The quantitative estimate of drug-likeness (QED) is 0.558. The van der Waals surface area contributed by atoms with Crippen LogP contribution in [0.2, 0.25) is 5.02 Å². The molecule has 0 saturated carbocycles. The first-order chi connectivity index (χ1) is 15.0. The molecule has 0 atom stereocenters. The Labute approximate surface area is 187 Å². The van der Waals surface area contributed by atoms with Gasteiger partial charge in [0.25, 0.3) is 5.91 Å². The largest absolute Gasteiger partial charge is 0.324 e. The Balaban J connectivity index is 1.58. The Kier molecular flexibility index (Phi) is 6.23. The smallest absolute Gasteiger partial charge is 0.320 e. The van der Waals surface area contributed by atoms with E-state index in [0.29, 0.717) is 41.6 Å². The summed E-state index contributed by atoms with van der Waals surface area (Å²) in [6.07, 6.45) is 0.840. The molecule has 1 heterocycles. The Morgan fingerprint density at radius 3 is 2.58 bits per heavy atom. The summed E-state index contributed by atoms with van der Waals surface area (Å²) in [4.78, 5) is 29.6. The van der Waals surface area contributed by atoms with Crippen molar-refractivity contribution in [1.82, 2.24) is 4.90 Å². The molecule has 1 aliphatic rings. The van der Waals surface area contributed by atoms with Crippen molar-refractivity contribution in [3.8, 4) is 0 Å². The Morgan fingerprint density at radius 1 is 1.00 bits per heavy atom. The molecule has 6 heteroatoms. The van der Waals surface area contributed by atoms with Crippen LogP contribution in [0.25, 0.3) is 0 Å². The van der Waals surface area contributed by atoms with Gasteiger partial charge in [0.05, 0.1) is 11.4 Å². The fourth-order valence-electron chi connectivity index (χ4n) is 3.78. The van der Waals surface area contributed by atoms with Gasteiger partial charge >= 0.3 is 6.03 Å². The van der Waals surface area contributed by atoms with Gasteiger partial charge in [0.1, 0.15) is 0 Å². The van der Waals surface area contributed by atoms with Crippen LogP contribution in [0.4, 0.5) is 16.2 Å². The topological polar surface area (TPSA) is 52.6 Å². The molecule has 3 amide bonds. The first-order valence-electron chi connectivity index (χ1n) is 10.3. The third kappa shape index (κ3) is 4.89. The molecule has 0 bridgehead atoms. The number of aryl methyl sites for hydroxylation is 1. The number of carbonyl (C=O) groups excluding carboxylic acids is 2. The van der Waals surface area contributed by atoms with E-state index < -0.39 is 0 Å². The van der Waals surface area contributed by atoms with Gasteiger partial charge in [-0.2, -0.15) is 0 Å². The van der Waals surface area contributed by atoms with Gasteiger partial charge in [0, 0.05) is 30.2 Å². The first kappa shape index (κ1) is 20.9. The molecule has 1 fully saturated rings. The van der Waals surface area contributed by atoms with Crippen LogP contribution in [0.1, 0.15) is 27.9 Å². The summed E-state index contributed by atoms with van der Waals surface area (Å²) in [6, 6.07) is 22.3. The maximum atomic E-state index is 13.3. The van der Waals surface area contributed by atoms with Gasteiger partial charge in [-0.3, -0.25) is 9.69 Å². The molecule has 31 heavy (non-hydrogen) atoms. The van der Waals surface area contributed by atoms with Crippen molar-refractivity contribution in [3.63, 3.8) is 0 Å². The number of nitrogens with one attached hydrogen (secondary N) is 1. The molecule has 1 N–H and O–H groups in total. The van der Waals surface area contributed by atoms with Crippen molar-refractivity contribution in [1.29, 1.82) is 0 Å². The minimum Gasteiger partial charge on any atom is -0.320 e. The average Bonchev–Trinajstić information content (AvgIpc) is 2.76. The van der Waals surface area contributed by atoms with Gasteiger partial charge in [0.2, 0.25) is 0 Å². The average molecular weight is 434 g/mol. The molecule has 0 aliphatic carbocycles. The Bertz CT molecular complexity index is 1100. The van der Waals surface area contributed by atoms with E-state index in [1.54, 1.807) is 17.0 Å². The van der Waals surface area contributed by atoms with Crippen LogP contribution < -0.4 is 10.2 Å². The molecule has 0 spiro atoms. The highest BCUT2D eigenvalue weighted by Crippen LogP contribution is 2.31. The first-order valence-corrected chi connectivity index (χ1v) is 10.7. The highest BCUT2D eigenvalue weighted by atomic mass is 35.5. The zero-order valence-electron chi connectivity index (χ0n) is 17.3. The second-order valence-electron chi connectivity index (χ2n) is 7.68. The number of hydrogen-bond acceptors (Lipinski definition) is 2. The van der Waals surface area contributed by atoms with E-state index in [4.69, 9.17) is 11.6 Å². The van der Waals surface area contributed by atoms with Gasteiger partial charge in [-0.25, -0.2) is 4.79 Å². The predicted octanol–water partition coefficient (Wildman–Crippen LogP) is 5.73. The maximum absolute atomic E-state index is 13.3. The molecule has 3 aromatic carbocycles. The van der Waals surface area contributed by atoms with Gasteiger partial charge in [0.15, 0.2) is 0 Å². The van der Waals surface area contributed by atoms with Crippen LogP contribution in [0.5, 0.6) is 0 Å². The molecule has 0 unspecified atom stereocenters. The summed E-state index contributed by atoms with van der Waals surface area (Å²) in [5, 5.41) is 3.64. The van der Waals surface area contributed by atoms with Crippen LogP contribution >= 0.6 is 11.6 Å². The summed E-state index contributed by atoms with van der Waals surface area (Å²) >= 11 is 6.10. The number of urea groups is 1. The van der Waals surface area contributed by atoms with Gasteiger partial charge in [-0.05, 0) is 60.9 Å². The zero-order valence-corrected chi connectivity index (χ0v) is 18.1. The van der Waals surface area contributed by atoms with E-state index in [-0.39, 0.29) is 11.9 Å². The SMILES string of the molecule is Cc1ccc(N2CCCN(Cc3cccc(Cl)c3)C2=O)c(NC(=O)c2ccccc2)c1. The Hall–Kier alpha value is -3.31. The molecule has 158 valence electrons. The Morgan fingerprint density at radius 2 is 1.81 bits per heavy atom. The summed E-state index contributed by atoms with van der Waals surface area (Å²) in [7, 11) is 0. The summed E-state index contributed by atoms with van der Waals surface area (Å²) in [6.45, 7) is 3.74. The number of amides is 3. The lowest BCUT2D eigenvalue weighted by Gasteiger charge is -2.36. The van der Waals surface area contributed by atoms with Crippen molar-refractivity contribution in [3.05, 3.63) is 94.5 Å². The molecule has 5 nitrogen and oxygen atoms in total. The number of hydrogen-bond donors (Lipinski definition) is 1. The fraction of sp³-hybridized carbons (Fsp3) is 0.200. The third-order valence-corrected chi connectivity index (χ3v) is 5.54. The molecule has 4 rings (SSSR count). The molecule has 1 saturated heterocycles. The van der Waals surface area contributed by atoms with E-state index in [2.05, 4.69) is 5.32 Å². The van der Waals surface area contributed by atoms with Crippen LogP contribution in [0.15, 0.2) is 72.8 Å². The number of benzene rings is 3. The van der Waals surface area contributed by atoms with Crippen LogP contribution in [0.3, 0.4) is 0 Å². The minimum atomic E-state index is -0.201. The highest BCUT2D eigenvalue weighted by molar-refractivity contribution is 6.30. The summed E-state index contributed by atoms with van der Waals surface area (Å²) in [5.74, 6) is -0.201. The second kappa shape index (κ2) is 9.23. The zero-order chi connectivity index (χ0) is 21.8. The summed E-state index contributed by atoms with van der Waals surface area (Å²) < 4.78 is 0. The summed E-state index contributed by atoms with van der Waals surface area (Å²) in [5.41, 5.74) is 3.90. The number of halogens is 1. The normalized spacial score (nSPS) is 13.9. The van der Waals surface area contributed by atoms with E-state index >= 15 is 0 Å². The molecule has 3 aromatic rings. The van der Waals surface area contributed by atoms with Crippen LogP contribution in [-0.4, -0.2) is 29.9 Å². The molecular formula is C25H24ClN3O2. The van der Waals surface area contributed by atoms with Gasteiger partial charge < -0.3 is 10.2 Å². The predicted molar refractivity (Wildman–Crippen MR) is 125 cm³/mol. The number of carbonyl (C=O) groups is 2. The van der Waals surface area contributed by atoms with E-state index in [1.807, 2.05) is 72.5 Å². The second-order valence-corrected chi connectivity index (χ2v) is 8.12. The lowest BCUT2D eigenvalue weighted by molar-refractivity contribution is 0.102. The lowest BCUT2D eigenvalue weighted by atomic mass is 10.1. The van der Waals surface area contributed by atoms with Crippen LogP contribution in [-0.2, 0) is 6.54 Å². The van der Waals surface area contributed by atoms with E-state index in [0.717, 1.165) is 17.5 Å². The van der Waals surface area contributed by atoms with E-state index in [1.165, 1.54) is 0 Å². The van der Waals surface area contributed by atoms with Gasteiger partial charge in [-0.1, -0.05) is 48.0 Å². The number of anilines is 2. The van der Waals surface area contributed by atoms with Crippen molar-refractivity contribution < 1.29 is 9.59 Å². The molecular weight excluding hydrogens is 410 g/mol. The van der Waals surface area contributed by atoms with E-state index in [9.17, 15) is 9.59 Å². The third-order valence-electron chi connectivity index (χ3n) is 5.30. The maximum Gasteiger partial charge on any atom is 0.324 e. The number of nitrogens with zero attached hydrogens (tertiary/aromatic N) is 2. The standard InChI is InChI=1S/C25H24ClN3O2/c1-18-11-12-23(22(15-18)27-24(30)20-8-3-2-4-9-20)29-14-6-13-28(25(29)31)17-19-7-5-10-21(26)16-19/h2-5,7-12,15-16H,6,13-14,17H2,1H3,(H,27,30). The van der Waals surface area contributed by atoms with Crippen molar-refractivity contribution in [2.24, 2.45) is 0 Å². The molecule has 0 radical (unpaired) electrons. The monoisotopic (exact) mass is 433 g/mol. The van der Waals surface area contributed by atoms with Crippen LogP contribution in [0, 0.1) is 6.92 Å². The van der Waals surface area contributed by atoms with Gasteiger partial charge in [-0.15, -0.1) is 0 Å². The molecule has 0 aromatic heterocycles. The number of rotatable bonds is 5. The molecule has 1 aliphatic heterocycles. The van der Waals surface area contributed by atoms with Crippen molar-refractivity contribution in [2.45, 2.75) is 19.9 Å². The lowest BCUT2D eigenvalue weighted by Crippen LogP contribution is -2.49. The highest BCUT2D eigenvalue weighted by Gasteiger charge is 2.28. The fourth-order valence-corrected chi connectivity index (χ4v) is 3.99. The minimum absolute atomic E-state index is 0.0784. The van der Waals surface area contributed by atoms with Crippen molar-refractivity contribution >= 4 is 34.9 Å².